The molecule has 0 aliphatic heterocycles. The van der Waals surface area contributed by atoms with Gasteiger partial charge in [-0.1, -0.05) is 6.07 Å². The second-order valence-corrected chi connectivity index (χ2v) is 5.37. The molecule has 9 nitrogen and oxygen atoms in total. The molecule has 2 aromatic rings. The van der Waals surface area contributed by atoms with E-state index in [9.17, 15) is 19.7 Å². The van der Waals surface area contributed by atoms with Crippen LogP contribution >= 0.6 is 0 Å². The lowest BCUT2D eigenvalue weighted by Crippen LogP contribution is -2.23. The average Bonchev–Trinajstić information content (AvgIpc) is 2.66. The largest absolute Gasteiger partial charge is 0.496 e. The van der Waals surface area contributed by atoms with Gasteiger partial charge in [0.25, 0.3) is 11.8 Å². The average molecular weight is 373 g/mol. The highest BCUT2D eigenvalue weighted by molar-refractivity contribution is 5.97. The zero-order valence-corrected chi connectivity index (χ0v) is 14.9. The Balaban J connectivity index is 2.02. The smallest absolute Gasteiger partial charge is 0.314 e. The molecule has 0 fully saturated rings. The highest BCUT2D eigenvalue weighted by atomic mass is 16.6. The maximum Gasteiger partial charge on any atom is 0.314 e. The van der Waals surface area contributed by atoms with Crippen molar-refractivity contribution in [1.82, 2.24) is 5.32 Å². The van der Waals surface area contributed by atoms with E-state index in [4.69, 9.17) is 9.47 Å². The number of amides is 2. The maximum atomic E-state index is 12.1. The molecular formula is C18H19N3O6. The second-order valence-electron chi connectivity index (χ2n) is 5.37. The number of nitro groups is 1. The van der Waals surface area contributed by atoms with Crippen molar-refractivity contribution in [2.75, 3.05) is 25.6 Å². The molecule has 0 atom stereocenters. The van der Waals surface area contributed by atoms with E-state index in [-0.39, 0.29) is 17.3 Å². The minimum Gasteiger partial charge on any atom is -0.496 e. The van der Waals surface area contributed by atoms with Gasteiger partial charge in [-0.15, -0.1) is 0 Å². The number of benzene rings is 2. The molecular weight excluding hydrogens is 354 g/mol. The third-order valence-corrected chi connectivity index (χ3v) is 3.47. The van der Waals surface area contributed by atoms with E-state index >= 15 is 0 Å². The van der Waals surface area contributed by atoms with Crippen LogP contribution < -0.4 is 20.1 Å². The van der Waals surface area contributed by atoms with Gasteiger partial charge in [0, 0.05) is 17.8 Å². The normalized spacial score (nSPS) is 10.0. The molecule has 0 heterocycles. The van der Waals surface area contributed by atoms with E-state index in [1.54, 1.807) is 25.1 Å². The summed E-state index contributed by atoms with van der Waals surface area (Å²) < 4.78 is 10.2. The summed E-state index contributed by atoms with van der Waals surface area (Å²) in [4.78, 5) is 34.4. The van der Waals surface area contributed by atoms with Crippen LogP contribution in [-0.4, -0.2) is 37.0 Å². The Labute approximate surface area is 155 Å². The summed E-state index contributed by atoms with van der Waals surface area (Å²) in [7, 11) is 1.39. The lowest BCUT2D eigenvalue weighted by Gasteiger charge is -2.10. The molecule has 2 N–H and O–H groups in total. The number of carbonyl (C=O) groups is 2. The molecule has 2 amide bonds. The first kappa shape index (κ1) is 19.7. The predicted molar refractivity (Wildman–Crippen MR) is 98.2 cm³/mol. The molecule has 27 heavy (non-hydrogen) atoms. The lowest BCUT2D eigenvalue weighted by atomic mass is 10.2. The highest BCUT2D eigenvalue weighted by Crippen LogP contribution is 2.30. The van der Waals surface area contributed by atoms with Gasteiger partial charge in [0.2, 0.25) is 0 Å². The number of rotatable bonds is 8. The molecule has 0 aromatic heterocycles. The van der Waals surface area contributed by atoms with Crippen LogP contribution in [0.15, 0.2) is 42.5 Å². The summed E-state index contributed by atoms with van der Waals surface area (Å²) in [5, 5.41) is 16.4. The highest BCUT2D eigenvalue weighted by Gasteiger charge is 2.17. The zero-order chi connectivity index (χ0) is 19.8. The molecule has 0 spiro atoms. The first-order chi connectivity index (χ1) is 12.9. The number of ether oxygens (including phenoxy) is 2. The van der Waals surface area contributed by atoms with Crippen molar-refractivity contribution < 1.29 is 24.0 Å². The van der Waals surface area contributed by atoms with Gasteiger partial charge in [0.1, 0.15) is 5.75 Å². The van der Waals surface area contributed by atoms with Gasteiger partial charge in [-0.2, -0.15) is 0 Å². The fourth-order valence-corrected chi connectivity index (χ4v) is 2.23. The van der Waals surface area contributed by atoms with Gasteiger partial charge in [0.15, 0.2) is 12.4 Å². The van der Waals surface area contributed by atoms with E-state index in [1.807, 2.05) is 0 Å². The maximum absolute atomic E-state index is 12.1. The number of carbonyl (C=O) groups excluding carboxylic acids is 2. The van der Waals surface area contributed by atoms with Gasteiger partial charge in [0.05, 0.1) is 18.1 Å². The van der Waals surface area contributed by atoms with Crippen molar-refractivity contribution in [3.05, 3.63) is 58.1 Å². The Hall–Kier alpha value is -3.62. The molecule has 0 aliphatic carbocycles. The quantitative estimate of drug-likeness (QED) is 0.541. The molecule has 0 radical (unpaired) electrons. The SMILES string of the molecule is CCNC(=O)c1cccc(NC(=O)COc2ccc(OC)cc2[N+](=O)[O-])c1. The molecule has 0 bridgehead atoms. The van der Waals surface area contributed by atoms with Crippen LogP contribution in [0.4, 0.5) is 11.4 Å². The molecule has 0 unspecified atom stereocenters. The van der Waals surface area contributed by atoms with Gasteiger partial charge in [-0.25, -0.2) is 0 Å². The van der Waals surface area contributed by atoms with Gasteiger partial charge in [-0.3, -0.25) is 19.7 Å². The van der Waals surface area contributed by atoms with Gasteiger partial charge in [-0.05, 0) is 37.3 Å². The van der Waals surface area contributed by atoms with Crippen molar-refractivity contribution in [3.63, 3.8) is 0 Å². The Kier molecular flexibility index (Phi) is 6.70. The van der Waals surface area contributed by atoms with Crippen LogP contribution in [0, 0.1) is 10.1 Å². The van der Waals surface area contributed by atoms with Crippen molar-refractivity contribution in [2.24, 2.45) is 0 Å². The fraction of sp³-hybridized carbons (Fsp3) is 0.222. The van der Waals surface area contributed by atoms with E-state index in [0.29, 0.717) is 23.5 Å². The first-order valence-electron chi connectivity index (χ1n) is 8.08. The summed E-state index contributed by atoms with van der Waals surface area (Å²) in [6, 6.07) is 10.5. The third kappa shape index (κ3) is 5.43. The number of hydrogen-bond acceptors (Lipinski definition) is 6. The Morgan fingerprint density at radius 1 is 1.19 bits per heavy atom. The molecule has 2 rings (SSSR count). The van der Waals surface area contributed by atoms with Crippen LogP contribution in [0.5, 0.6) is 11.5 Å². The number of nitrogens with one attached hydrogen (secondary N) is 2. The summed E-state index contributed by atoms with van der Waals surface area (Å²) in [5.74, 6) is -0.514. The zero-order valence-electron chi connectivity index (χ0n) is 14.9. The second kappa shape index (κ2) is 9.18. The van der Waals surface area contributed by atoms with Crippen LogP contribution in [0.1, 0.15) is 17.3 Å². The van der Waals surface area contributed by atoms with E-state index < -0.39 is 17.4 Å². The fourth-order valence-electron chi connectivity index (χ4n) is 2.23. The van der Waals surface area contributed by atoms with Crippen molar-refractivity contribution in [1.29, 1.82) is 0 Å². The van der Waals surface area contributed by atoms with E-state index in [2.05, 4.69) is 10.6 Å². The third-order valence-electron chi connectivity index (χ3n) is 3.47. The summed E-state index contributed by atoms with van der Waals surface area (Å²) >= 11 is 0. The molecule has 9 heteroatoms. The number of hydrogen-bond donors (Lipinski definition) is 2. The Bertz CT molecular complexity index is 853. The number of methoxy groups -OCH3 is 1. The van der Waals surface area contributed by atoms with Crippen LogP contribution in [0.25, 0.3) is 0 Å². The topological polar surface area (TPSA) is 120 Å². The van der Waals surface area contributed by atoms with Crippen LogP contribution in [0.3, 0.4) is 0 Å². The van der Waals surface area contributed by atoms with Gasteiger partial charge >= 0.3 is 5.69 Å². The molecule has 2 aromatic carbocycles. The van der Waals surface area contributed by atoms with Crippen LogP contribution in [-0.2, 0) is 4.79 Å². The molecule has 0 aliphatic rings. The number of nitro benzene ring substituents is 1. The minimum atomic E-state index is -0.619. The molecule has 0 saturated carbocycles. The Morgan fingerprint density at radius 2 is 1.96 bits per heavy atom. The minimum absolute atomic E-state index is 0.0491. The van der Waals surface area contributed by atoms with Crippen molar-refractivity contribution in [3.8, 4) is 11.5 Å². The molecule has 142 valence electrons. The van der Waals surface area contributed by atoms with E-state index in [1.165, 1.54) is 31.4 Å². The number of anilines is 1. The standard InChI is InChI=1S/C18H19N3O6/c1-3-19-18(23)12-5-4-6-13(9-12)20-17(22)11-27-16-8-7-14(26-2)10-15(16)21(24)25/h4-10H,3,11H2,1-2H3,(H,19,23)(H,20,22). The summed E-state index contributed by atoms with van der Waals surface area (Å²) in [5.41, 5.74) is 0.512. The Morgan fingerprint density at radius 3 is 2.63 bits per heavy atom. The lowest BCUT2D eigenvalue weighted by molar-refractivity contribution is -0.385. The summed E-state index contributed by atoms with van der Waals surface area (Å²) in [6.45, 7) is 1.86. The molecule has 0 saturated heterocycles. The van der Waals surface area contributed by atoms with Gasteiger partial charge < -0.3 is 20.1 Å². The summed E-state index contributed by atoms with van der Waals surface area (Å²) in [6.07, 6.45) is 0. The van der Waals surface area contributed by atoms with E-state index in [0.717, 1.165) is 0 Å². The van der Waals surface area contributed by atoms with Crippen LogP contribution in [0.2, 0.25) is 0 Å². The number of nitrogens with zero attached hydrogens (tertiary/aromatic N) is 1. The monoisotopic (exact) mass is 373 g/mol. The predicted octanol–water partition coefficient (Wildman–Crippen LogP) is 2.37. The van der Waals surface area contributed by atoms with Crippen molar-refractivity contribution in [2.45, 2.75) is 6.92 Å². The first-order valence-corrected chi connectivity index (χ1v) is 8.08. The van der Waals surface area contributed by atoms with Crippen molar-refractivity contribution >= 4 is 23.2 Å².